The van der Waals surface area contributed by atoms with Gasteiger partial charge in [0.2, 0.25) is 0 Å². The molecule has 4 atom stereocenters. The summed E-state index contributed by atoms with van der Waals surface area (Å²) < 4.78 is 22.1. The van der Waals surface area contributed by atoms with Crippen molar-refractivity contribution in [3.8, 4) is 5.75 Å². The molecule has 0 bridgehead atoms. The number of aromatic nitrogens is 2. The van der Waals surface area contributed by atoms with Crippen molar-refractivity contribution in [1.29, 1.82) is 0 Å². The van der Waals surface area contributed by atoms with Crippen LogP contribution in [-0.2, 0) is 17.8 Å². The topological polar surface area (TPSA) is 70.8 Å². The van der Waals surface area contributed by atoms with E-state index in [9.17, 15) is 14.3 Å². The maximum Gasteiger partial charge on any atom is 0.321 e. The van der Waals surface area contributed by atoms with Crippen molar-refractivity contribution in [1.82, 2.24) is 19.6 Å². The number of rotatable bonds is 13. The van der Waals surface area contributed by atoms with E-state index < -0.39 is 12.0 Å². The van der Waals surface area contributed by atoms with Crippen LogP contribution in [0.2, 0.25) is 0 Å². The third-order valence-electron chi connectivity index (χ3n) is 10.1. The lowest BCUT2D eigenvalue weighted by Gasteiger charge is -2.35. The number of aliphatic carboxylic acids is 1. The number of piperidine rings is 1. The highest BCUT2D eigenvalue weighted by atomic mass is 35.5. The Balaban J connectivity index is 0.00000267. The molecule has 2 aromatic carbocycles. The molecule has 2 fully saturated rings. The zero-order valence-electron chi connectivity index (χ0n) is 28.9. The highest BCUT2D eigenvalue weighted by Gasteiger charge is 2.42. The molecule has 1 N–H and O–H groups in total. The molecule has 3 aromatic rings. The van der Waals surface area contributed by atoms with Crippen LogP contribution < -0.4 is 4.74 Å². The van der Waals surface area contributed by atoms with Gasteiger partial charge in [0, 0.05) is 37.2 Å². The first kappa shape index (κ1) is 41.8. The van der Waals surface area contributed by atoms with E-state index in [0.29, 0.717) is 18.4 Å². The molecule has 1 aliphatic heterocycles. The van der Waals surface area contributed by atoms with Gasteiger partial charge in [0.15, 0.2) is 0 Å². The number of aryl methyl sites for hydroxylation is 1. The Labute approximate surface area is 304 Å². The molecule has 2 heterocycles. The van der Waals surface area contributed by atoms with Gasteiger partial charge < -0.3 is 14.7 Å². The van der Waals surface area contributed by atoms with Gasteiger partial charge in [-0.2, -0.15) is 5.10 Å². The van der Waals surface area contributed by atoms with E-state index in [4.69, 9.17) is 9.84 Å². The molecule has 5 rings (SSSR count). The summed E-state index contributed by atoms with van der Waals surface area (Å²) in [6, 6.07) is 17.3. The average Bonchev–Trinajstić information content (AvgIpc) is 3.62. The van der Waals surface area contributed by atoms with Gasteiger partial charge in [0.1, 0.15) is 17.6 Å². The minimum atomic E-state index is -0.769. The average molecular weight is 728 g/mol. The van der Waals surface area contributed by atoms with Crippen molar-refractivity contribution in [2.75, 3.05) is 33.3 Å². The number of likely N-dealkylation sites (N-methyl/N-ethyl adjacent to an activating group) is 1. The van der Waals surface area contributed by atoms with Gasteiger partial charge in [-0.25, -0.2) is 4.39 Å². The Morgan fingerprint density at radius 2 is 1.73 bits per heavy atom. The molecule has 7 nitrogen and oxygen atoms in total. The van der Waals surface area contributed by atoms with E-state index in [-0.39, 0.29) is 60.9 Å². The number of carbonyl (C=O) groups is 1. The Bertz CT molecular complexity index is 1420. The van der Waals surface area contributed by atoms with Crippen LogP contribution in [0.5, 0.6) is 5.75 Å². The first-order chi connectivity index (χ1) is 21.7. The van der Waals surface area contributed by atoms with Crippen molar-refractivity contribution in [2.24, 2.45) is 11.8 Å². The Kier molecular flexibility index (Phi) is 16.7. The van der Waals surface area contributed by atoms with Crippen LogP contribution in [0.25, 0.3) is 0 Å². The summed E-state index contributed by atoms with van der Waals surface area (Å²) in [5, 5.41) is 14.9. The molecule has 268 valence electrons. The van der Waals surface area contributed by atoms with Gasteiger partial charge in [0.25, 0.3) is 0 Å². The molecule has 1 saturated heterocycles. The molecule has 1 aromatic heterocycles. The van der Waals surface area contributed by atoms with Gasteiger partial charge >= 0.3 is 5.97 Å². The summed E-state index contributed by atoms with van der Waals surface area (Å²) >= 11 is 0. The van der Waals surface area contributed by atoms with Crippen LogP contribution in [0.15, 0.2) is 54.6 Å². The van der Waals surface area contributed by atoms with Gasteiger partial charge in [0.05, 0.1) is 12.3 Å². The van der Waals surface area contributed by atoms with Crippen LogP contribution in [0.4, 0.5) is 4.39 Å². The number of nitrogens with zero attached hydrogens (tertiary/aromatic N) is 4. The lowest BCUT2D eigenvalue weighted by molar-refractivity contribution is -0.145. The zero-order chi connectivity index (χ0) is 32.1. The van der Waals surface area contributed by atoms with Crippen LogP contribution in [-0.4, -0.2) is 76.0 Å². The maximum atomic E-state index is 14.3. The molecule has 11 heteroatoms. The predicted octanol–water partition coefficient (Wildman–Crippen LogP) is 8.08. The van der Waals surface area contributed by atoms with E-state index in [1.165, 1.54) is 17.3 Å². The fourth-order valence-corrected chi connectivity index (χ4v) is 7.91. The van der Waals surface area contributed by atoms with Gasteiger partial charge in [-0.1, -0.05) is 38.1 Å². The normalized spacial score (nSPS) is 20.5. The fraction of sp³-hybridized carbons (Fsp3) is 0.568. The van der Waals surface area contributed by atoms with E-state index >= 15 is 0 Å². The van der Waals surface area contributed by atoms with Crippen molar-refractivity contribution in [3.63, 3.8) is 0 Å². The fourth-order valence-electron chi connectivity index (χ4n) is 7.91. The minimum absolute atomic E-state index is 0. The summed E-state index contributed by atoms with van der Waals surface area (Å²) in [7, 11) is 1.96. The molecule has 3 unspecified atom stereocenters. The Morgan fingerprint density at radius 3 is 2.31 bits per heavy atom. The predicted molar refractivity (Wildman–Crippen MR) is 198 cm³/mol. The summed E-state index contributed by atoms with van der Waals surface area (Å²) in [5.74, 6) is 0.967. The molecule has 2 aliphatic rings. The number of halogens is 4. The van der Waals surface area contributed by atoms with Crippen molar-refractivity contribution in [2.45, 2.75) is 90.3 Å². The first-order valence-corrected chi connectivity index (χ1v) is 16.9. The second-order valence-corrected chi connectivity index (χ2v) is 13.4. The number of benzene rings is 2. The number of likely N-dealkylation sites (tertiary alicyclic amines) is 1. The van der Waals surface area contributed by atoms with Crippen LogP contribution in [0.3, 0.4) is 0 Å². The summed E-state index contributed by atoms with van der Waals surface area (Å²) in [4.78, 5) is 16.8. The summed E-state index contributed by atoms with van der Waals surface area (Å²) in [5.41, 5.74) is 4.72. The second kappa shape index (κ2) is 19.1. The van der Waals surface area contributed by atoms with E-state index in [1.807, 2.05) is 46.0 Å². The lowest BCUT2D eigenvalue weighted by Crippen LogP contribution is -2.47. The molecule has 48 heavy (non-hydrogen) atoms. The third kappa shape index (κ3) is 10.1. The number of ether oxygens (including phenoxy) is 1. The molecule has 0 amide bonds. The molecule has 0 radical (unpaired) electrons. The standard InChI is InChI=1S/C37H51FN4O3.3ClH/c1-6-42-35(22-31(39-42)19-26-11-13-33(14-12-26)45-7-2)27-15-17-41(18-16-27)24-29-21-32(40(5)36(25(3)4)37(43)44)23-34(29)28-9-8-10-30(38)20-28;;;/h8-14,20,22,25,27,29,32,34,36H,6-7,15-19,21,23-24H2,1-5H3,(H,43,44);3*1H/t29?,32?,34?,36-;;;/m1.../s1. The quantitative estimate of drug-likeness (QED) is 0.192. The molecule has 1 saturated carbocycles. The highest BCUT2D eigenvalue weighted by Crippen LogP contribution is 2.43. The van der Waals surface area contributed by atoms with Crippen LogP contribution in [0, 0.1) is 17.7 Å². The van der Waals surface area contributed by atoms with Gasteiger partial charge in [-0.05, 0) is 119 Å². The largest absolute Gasteiger partial charge is 0.494 e. The SMILES string of the molecule is CCOc1ccc(Cc2cc(C3CCN(CC4CC(N(C)[C@@H](C(=O)O)C(C)C)CC4c4cccc(F)c4)CC3)n(CC)n2)cc1.Cl.Cl.Cl. The molecular formula is C37H54Cl3FN4O3. The highest BCUT2D eigenvalue weighted by molar-refractivity contribution is 5.86. The van der Waals surface area contributed by atoms with Crippen molar-refractivity contribution in [3.05, 3.63) is 82.9 Å². The van der Waals surface area contributed by atoms with Gasteiger partial charge in [-0.15, -0.1) is 37.2 Å². The van der Waals surface area contributed by atoms with Crippen LogP contribution in [0.1, 0.15) is 87.7 Å². The van der Waals surface area contributed by atoms with Crippen molar-refractivity contribution < 1.29 is 19.0 Å². The van der Waals surface area contributed by atoms with E-state index in [0.717, 1.165) is 75.3 Å². The first-order valence-electron chi connectivity index (χ1n) is 16.9. The molecular weight excluding hydrogens is 674 g/mol. The monoisotopic (exact) mass is 726 g/mol. The maximum absolute atomic E-state index is 14.3. The molecule has 0 spiro atoms. The second-order valence-electron chi connectivity index (χ2n) is 13.4. The third-order valence-corrected chi connectivity index (χ3v) is 10.1. The zero-order valence-corrected chi connectivity index (χ0v) is 31.3. The number of carboxylic acids is 1. The van der Waals surface area contributed by atoms with Crippen LogP contribution >= 0.6 is 37.2 Å². The number of hydrogen-bond donors (Lipinski definition) is 1. The minimum Gasteiger partial charge on any atom is -0.494 e. The van der Waals surface area contributed by atoms with E-state index in [1.54, 1.807) is 12.1 Å². The summed E-state index contributed by atoms with van der Waals surface area (Å²) in [6.07, 6.45) is 4.76. The lowest BCUT2D eigenvalue weighted by atomic mass is 9.87. The number of hydrogen-bond acceptors (Lipinski definition) is 5. The number of carboxylic acid groups (broad SMARTS) is 1. The van der Waals surface area contributed by atoms with Gasteiger partial charge in [-0.3, -0.25) is 14.4 Å². The van der Waals surface area contributed by atoms with Crippen molar-refractivity contribution >= 4 is 43.2 Å². The smallest absolute Gasteiger partial charge is 0.321 e. The molecule has 1 aliphatic carbocycles. The Morgan fingerprint density at radius 1 is 1.04 bits per heavy atom. The summed E-state index contributed by atoms with van der Waals surface area (Å²) in [6.45, 7) is 12.6. The van der Waals surface area contributed by atoms with E-state index in [2.05, 4.69) is 39.6 Å². The Hall–Kier alpha value is -2.36.